The molecule has 0 spiro atoms. The summed E-state index contributed by atoms with van der Waals surface area (Å²) in [5.74, 6) is 0.156. The monoisotopic (exact) mass is 310 g/mol. The standard InChI is InChI=1S/C15H19ClN2O3/c1-10-6-11(2)8-18(7-10)13(19)9-21-15(20)12-4-3-5-17-14(12)16/h3-5,10-11H,6-9H2,1-2H3. The summed E-state index contributed by atoms with van der Waals surface area (Å²) in [6, 6.07) is 3.12. The number of piperidine rings is 1. The number of ether oxygens (including phenoxy) is 1. The van der Waals surface area contributed by atoms with Crippen LogP contribution in [0.4, 0.5) is 0 Å². The summed E-state index contributed by atoms with van der Waals surface area (Å²) in [6.45, 7) is 5.42. The molecule has 1 fully saturated rings. The topological polar surface area (TPSA) is 59.5 Å². The van der Waals surface area contributed by atoms with Crippen LogP contribution in [0.2, 0.25) is 5.15 Å². The lowest BCUT2D eigenvalue weighted by molar-refractivity contribution is -0.137. The van der Waals surface area contributed by atoms with Gasteiger partial charge >= 0.3 is 5.97 Å². The molecule has 5 nitrogen and oxygen atoms in total. The first-order valence-corrected chi connectivity index (χ1v) is 7.40. The summed E-state index contributed by atoms with van der Waals surface area (Å²) < 4.78 is 5.04. The molecule has 0 saturated carbocycles. The van der Waals surface area contributed by atoms with Gasteiger partial charge in [-0.3, -0.25) is 4.79 Å². The number of hydrogen-bond acceptors (Lipinski definition) is 4. The van der Waals surface area contributed by atoms with Crippen molar-refractivity contribution in [2.45, 2.75) is 20.3 Å². The van der Waals surface area contributed by atoms with Crippen LogP contribution < -0.4 is 0 Å². The van der Waals surface area contributed by atoms with Crippen molar-refractivity contribution in [1.82, 2.24) is 9.88 Å². The summed E-state index contributed by atoms with van der Waals surface area (Å²) in [6.07, 6.45) is 2.61. The normalized spacial score (nSPS) is 22.0. The Morgan fingerprint density at radius 2 is 2.05 bits per heavy atom. The number of carbonyl (C=O) groups is 2. The second-order valence-corrected chi connectivity index (χ2v) is 6.02. The number of likely N-dealkylation sites (tertiary alicyclic amines) is 1. The van der Waals surface area contributed by atoms with Crippen LogP contribution in [0.5, 0.6) is 0 Å². The molecule has 1 saturated heterocycles. The first-order chi connectivity index (χ1) is 9.97. The third kappa shape index (κ3) is 4.17. The van der Waals surface area contributed by atoms with Crippen LogP contribution in [0, 0.1) is 11.8 Å². The van der Waals surface area contributed by atoms with Gasteiger partial charge in [0.15, 0.2) is 6.61 Å². The lowest BCUT2D eigenvalue weighted by Crippen LogP contribution is -2.44. The van der Waals surface area contributed by atoms with E-state index in [9.17, 15) is 9.59 Å². The minimum Gasteiger partial charge on any atom is -0.452 e. The Morgan fingerprint density at radius 3 is 2.67 bits per heavy atom. The van der Waals surface area contributed by atoms with E-state index in [4.69, 9.17) is 16.3 Å². The fraction of sp³-hybridized carbons (Fsp3) is 0.533. The minimum absolute atomic E-state index is 0.0789. The zero-order valence-electron chi connectivity index (χ0n) is 12.2. The van der Waals surface area contributed by atoms with Gasteiger partial charge in [-0.1, -0.05) is 25.4 Å². The van der Waals surface area contributed by atoms with Crippen LogP contribution in [0.15, 0.2) is 18.3 Å². The van der Waals surface area contributed by atoms with E-state index in [-0.39, 0.29) is 23.2 Å². The smallest absolute Gasteiger partial charge is 0.341 e. The molecule has 0 bridgehead atoms. The Bertz CT molecular complexity index is 525. The second-order valence-electron chi connectivity index (χ2n) is 5.66. The first kappa shape index (κ1) is 15.8. The van der Waals surface area contributed by atoms with Crippen LogP contribution in [0.1, 0.15) is 30.6 Å². The zero-order chi connectivity index (χ0) is 15.4. The van der Waals surface area contributed by atoms with Gasteiger partial charge in [-0.25, -0.2) is 9.78 Å². The van der Waals surface area contributed by atoms with Gasteiger partial charge in [-0.2, -0.15) is 0 Å². The van der Waals surface area contributed by atoms with Crippen molar-refractivity contribution in [1.29, 1.82) is 0 Å². The van der Waals surface area contributed by atoms with Gasteiger partial charge in [-0.15, -0.1) is 0 Å². The Balaban J connectivity index is 1.89. The van der Waals surface area contributed by atoms with Gasteiger partial charge in [0, 0.05) is 19.3 Å². The van der Waals surface area contributed by atoms with Crippen LogP contribution in [-0.2, 0) is 9.53 Å². The number of nitrogens with zero attached hydrogens (tertiary/aromatic N) is 2. The van der Waals surface area contributed by atoms with E-state index in [0.717, 1.165) is 6.42 Å². The van der Waals surface area contributed by atoms with Gasteiger partial charge in [0.2, 0.25) is 0 Å². The predicted molar refractivity (Wildman–Crippen MR) is 79.1 cm³/mol. The van der Waals surface area contributed by atoms with Crippen LogP contribution in [-0.4, -0.2) is 41.5 Å². The van der Waals surface area contributed by atoms with E-state index >= 15 is 0 Å². The van der Waals surface area contributed by atoms with E-state index < -0.39 is 5.97 Å². The molecule has 2 heterocycles. The highest BCUT2D eigenvalue weighted by Crippen LogP contribution is 2.21. The third-order valence-corrected chi connectivity index (χ3v) is 3.83. The molecule has 1 aromatic heterocycles. The molecule has 0 aliphatic carbocycles. The molecule has 2 rings (SSSR count). The van der Waals surface area contributed by atoms with Crippen molar-refractivity contribution in [2.75, 3.05) is 19.7 Å². The number of pyridine rings is 1. The lowest BCUT2D eigenvalue weighted by atomic mass is 9.92. The highest BCUT2D eigenvalue weighted by atomic mass is 35.5. The van der Waals surface area contributed by atoms with Crippen molar-refractivity contribution >= 4 is 23.5 Å². The van der Waals surface area contributed by atoms with Crippen molar-refractivity contribution in [3.05, 3.63) is 29.0 Å². The molecule has 2 unspecified atom stereocenters. The molecule has 21 heavy (non-hydrogen) atoms. The summed E-state index contributed by atoms with van der Waals surface area (Å²) in [4.78, 5) is 29.5. The molecular formula is C15H19ClN2O3. The molecule has 0 N–H and O–H groups in total. The summed E-state index contributed by atoms with van der Waals surface area (Å²) in [5, 5.41) is 0.0789. The third-order valence-electron chi connectivity index (χ3n) is 3.53. The van der Waals surface area contributed by atoms with Gasteiger partial charge in [0.1, 0.15) is 5.15 Å². The van der Waals surface area contributed by atoms with E-state index in [1.54, 1.807) is 11.0 Å². The molecule has 1 aliphatic rings. The number of esters is 1. The summed E-state index contributed by atoms with van der Waals surface area (Å²) in [5.41, 5.74) is 0.173. The fourth-order valence-corrected chi connectivity index (χ4v) is 2.90. The maximum absolute atomic E-state index is 12.1. The molecule has 2 atom stereocenters. The number of halogens is 1. The molecule has 0 radical (unpaired) electrons. The second kappa shape index (κ2) is 6.89. The SMILES string of the molecule is CC1CC(C)CN(C(=O)COC(=O)c2cccnc2Cl)C1. The molecule has 114 valence electrons. The fourth-order valence-electron chi connectivity index (χ4n) is 2.70. The highest BCUT2D eigenvalue weighted by molar-refractivity contribution is 6.32. The van der Waals surface area contributed by atoms with Gasteiger partial charge in [-0.05, 0) is 30.4 Å². The van der Waals surface area contributed by atoms with Crippen LogP contribution >= 0.6 is 11.6 Å². The Morgan fingerprint density at radius 1 is 1.38 bits per heavy atom. The molecule has 1 aliphatic heterocycles. The van der Waals surface area contributed by atoms with Gasteiger partial charge < -0.3 is 9.64 Å². The van der Waals surface area contributed by atoms with E-state index in [1.165, 1.54) is 12.3 Å². The summed E-state index contributed by atoms with van der Waals surface area (Å²) in [7, 11) is 0. The highest BCUT2D eigenvalue weighted by Gasteiger charge is 2.26. The van der Waals surface area contributed by atoms with E-state index in [2.05, 4.69) is 18.8 Å². The maximum Gasteiger partial charge on any atom is 0.341 e. The van der Waals surface area contributed by atoms with Crippen molar-refractivity contribution < 1.29 is 14.3 Å². The lowest BCUT2D eigenvalue weighted by Gasteiger charge is -2.34. The van der Waals surface area contributed by atoms with Crippen LogP contribution in [0.25, 0.3) is 0 Å². The number of hydrogen-bond donors (Lipinski definition) is 0. The minimum atomic E-state index is -0.625. The first-order valence-electron chi connectivity index (χ1n) is 7.02. The predicted octanol–water partition coefficient (Wildman–Crippen LogP) is 2.40. The molecule has 6 heteroatoms. The van der Waals surface area contributed by atoms with Gasteiger partial charge in [0.05, 0.1) is 5.56 Å². The average Bonchev–Trinajstić information content (AvgIpc) is 2.43. The Hall–Kier alpha value is -1.62. The molecule has 1 amide bonds. The number of rotatable bonds is 3. The number of amides is 1. The largest absolute Gasteiger partial charge is 0.452 e. The van der Waals surface area contributed by atoms with Crippen molar-refractivity contribution in [3.8, 4) is 0 Å². The quantitative estimate of drug-likeness (QED) is 0.635. The van der Waals surface area contributed by atoms with E-state index in [1.807, 2.05) is 0 Å². The summed E-state index contributed by atoms with van der Waals surface area (Å²) >= 11 is 5.81. The molecule has 0 aromatic carbocycles. The zero-order valence-corrected chi connectivity index (χ0v) is 13.0. The molecule has 1 aromatic rings. The Labute approximate surface area is 129 Å². The number of aromatic nitrogens is 1. The van der Waals surface area contributed by atoms with Crippen molar-refractivity contribution in [3.63, 3.8) is 0 Å². The Kier molecular flexibility index (Phi) is 5.17. The number of carbonyl (C=O) groups excluding carboxylic acids is 2. The van der Waals surface area contributed by atoms with Crippen LogP contribution in [0.3, 0.4) is 0 Å². The van der Waals surface area contributed by atoms with E-state index in [0.29, 0.717) is 24.9 Å². The van der Waals surface area contributed by atoms with Gasteiger partial charge in [0.25, 0.3) is 5.91 Å². The maximum atomic E-state index is 12.1. The van der Waals surface area contributed by atoms with Crippen molar-refractivity contribution in [2.24, 2.45) is 11.8 Å². The average molecular weight is 311 g/mol. The molecular weight excluding hydrogens is 292 g/mol.